The van der Waals surface area contributed by atoms with Gasteiger partial charge in [-0.1, -0.05) is 37.3 Å². The van der Waals surface area contributed by atoms with Gasteiger partial charge in [0.15, 0.2) is 5.65 Å². The lowest BCUT2D eigenvalue weighted by Gasteiger charge is -2.20. The van der Waals surface area contributed by atoms with Gasteiger partial charge in [0.2, 0.25) is 0 Å². The topological polar surface area (TPSA) is 86.3 Å². The molecule has 1 N–H and O–H groups in total. The van der Waals surface area contributed by atoms with Gasteiger partial charge >= 0.3 is 0 Å². The second-order valence-corrected chi connectivity index (χ2v) is 6.40. The Bertz CT molecular complexity index is 1010. The van der Waals surface area contributed by atoms with Crippen LogP contribution in [0.2, 0.25) is 0 Å². The number of aromatic nitrogens is 7. The summed E-state index contributed by atoms with van der Waals surface area (Å²) in [5, 5.41) is 13.1. The van der Waals surface area contributed by atoms with Crippen LogP contribution in [0.1, 0.15) is 30.8 Å². The molecule has 0 bridgehead atoms. The molecule has 1 aromatic carbocycles. The third-order valence-corrected chi connectivity index (χ3v) is 4.58. The zero-order chi connectivity index (χ0) is 18.6. The predicted molar refractivity (Wildman–Crippen MR) is 103 cm³/mol. The van der Waals surface area contributed by atoms with Gasteiger partial charge in [0.05, 0.1) is 17.6 Å². The molecule has 4 rings (SSSR count). The molecular formula is C19H22N8. The fraction of sp³-hybridized carbons (Fsp3) is 0.316. The molecule has 8 heteroatoms. The van der Waals surface area contributed by atoms with Crippen LogP contribution in [0.25, 0.3) is 11.0 Å². The molecule has 0 aliphatic rings. The first-order chi connectivity index (χ1) is 13.2. The smallest absolute Gasteiger partial charge is 0.163 e. The SMILES string of the molecule is CCc1nc(NC(CCn2cncn2)c2ccccc2)c2cnn(C)c2n1. The molecule has 0 fully saturated rings. The molecule has 0 spiro atoms. The first-order valence-electron chi connectivity index (χ1n) is 9.07. The van der Waals surface area contributed by atoms with E-state index >= 15 is 0 Å². The fourth-order valence-corrected chi connectivity index (χ4v) is 3.12. The Morgan fingerprint density at radius 2 is 1.96 bits per heavy atom. The quantitative estimate of drug-likeness (QED) is 0.544. The zero-order valence-electron chi connectivity index (χ0n) is 15.4. The number of aryl methyl sites for hydroxylation is 3. The summed E-state index contributed by atoms with van der Waals surface area (Å²) < 4.78 is 3.63. The highest BCUT2D eigenvalue weighted by Gasteiger charge is 2.17. The van der Waals surface area contributed by atoms with Crippen molar-refractivity contribution >= 4 is 16.9 Å². The van der Waals surface area contributed by atoms with Crippen molar-refractivity contribution < 1.29 is 0 Å². The molecule has 138 valence electrons. The van der Waals surface area contributed by atoms with Gasteiger partial charge in [0.1, 0.15) is 24.3 Å². The van der Waals surface area contributed by atoms with E-state index in [1.54, 1.807) is 17.3 Å². The summed E-state index contributed by atoms with van der Waals surface area (Å²) in [4.78, 5) is 13.4. The molecule has 0 aliphatic heterocycles. The summed E-state index contributed by atoms with van der Waals surface area (Å²) >= 11 is 0. The van der Waals surface area contributed by atoms with Crippen LogP contribution in [0, 0.1) is 0 Å². The molecule has 1 atom stereocenters. The van der Waals surface area contributed by atoms with Crippen molar-refractivity contribution in [3.8, 4) is 0 Å². The Labute approximate surface area is 157 Å². The van der Waals surface area contributed by atoms with Gasteiger partial charge in [-0.2, -0.15) is 10.2 Å². The standard InChI is InChI=1S/C19H22N8/c1-3-17-24-18(15-11-21-26(2)19(15)25-17)23-16(14-7-5-4-6-8-14)9-10-27-13-20-12-22-27/h4-8,11-13,16H,3,9-10H2,1-2H3,(H,23,24,25). The minimum atomic E-state index is 0.0819. The predicted octanol–water partition coefficient (Wildman–Crippen LogP) is 2.76. The van der Waals surface area contributed by atoms with E-state index in [0.717, 1.165) is 42.1 Å². The summed E-state index contributed by atoms with van der Waals surface area (Å²) in [6.45, 7) is 2.81. The molecule has 0 saturated heterocycles. The van der Waals surface area contributed by atoms with Crippen molar-refractivity contribution in [2.45, 2.75) is 32.4 Å². The first-order valence-corrected chi connectivity index (χ1v) is 9.07. The third-order valence-electron chi connectivity index (χ3n) is 4.58. The minimum Gasteiger partial charge on any atom is -0.362 e. The van der Waals surface area contributed by atoms with Crippen LogP contribution in [-0.4, -0.2) is 34.5 Å². The lowest BCUT2D eigenvalue weighted by Crippen LogP contribution is -2.16. The normalized spacial score (nSPS) is 12.4. The monoisotopic (exact) mass is 362 g/mol. The summed E-state index contributed by atoms with van der Waals surface area (Å²) in [5.74, 6) is 1.62. The lowest BCUT2D eigenvalue weighted by atomic mass is 10.0. The van der Waals surface area contributed by atoms with E-state index in [4.69, 9.17) is 4.98 Å². The van der Waals surface area contributed by atoms with Crippen molar-refractivity contribution in [1.82, 2.24) is 34.5 Å². The average molecular weight is 362 g/mol. The second-order valence-electron chi connectivity index (χ2n) is 6.40. The number of hydrogen-bond donors (Lipinski definition) is 1. The van der Waals surface area contributed by atoms with E-state index < -0.39 is 0 Å². The first kappa shape index (κ1) is 17.1. The molecule has 0 saturated carbocycles. The molecule has 4 aromatic rings. The van der Waals surface area contributed by atoms with Gasteiger partial charge in [-0.05, 0) is 12.0 Å². The maximum absolute atomic E-state index is 4.73. The van der Waals surface area contributed by atoms with Gasteiger partial charge in [0.25, 0.3) is 0 Å². The number of benzene rings is 1. The average Bonchev–Trinajstić information content (AvgIpc) is 3.36. The number of anilines is 1. The largest absolute Gasteiger partial charge is 0.362 e. The Hall–Kier alpha value is -3.29. The molecule has 0 aliphatic carbocycles. The Morgan fingerprint density at radius 3 is 2.70 bits per heavy atom. The summed E-state index contributed by atoms with van der Waals surface area (Å²) in [7, 11) is 1.90. The van der Waals surface area contributed by atoms with Gasteiger partial charge in [-0.25, -0.2) is 15.0 Å². The third kappa shape index (κ3) is 3.64. The molecule has 3 heterocycles. The maximum Gasteiger partial charge on any atom is 0.163 e. The highest BCUT2D eigenvalue weighted by molar-refractivity contribution is 5.86. The van der Waals surface area contributed by atoms with Crippen LogP contribution in [0.5, 0.6) is 0 Å². The van der Waals surface area contributed by atoms with Crippen LogP contribution in [0.4, 0.5) is 5.82 Å². The number of nitrogens with zero attached hydrogens (tertiary/aromatic N) is 7. The van der Waals surface area contributed by atoms with E-state index in [0.29, 0.717) is 0 Å². The van der Waals surface area contributed by atoms with E-state index in [1.165, 1.54) is 5.56 Å². The van der Waals surface area contributed by atoms with Gasteiger partial charge in [-0.15, -0.1) is 0 Å². The number of rotatable bonds is 7. The second kappa shape index (κ2) is 7.53. The van der Waals surface area contributed by atoms with Gasteiger partial charge < -0.3 is 5.32 Å². The van der Waals surface area contributed by atoms with E-state index in [1.807, 2.05) is 24.0 Å². The highest BCUT2D eigenvalue weighted by Crippen LogP contribution is 2.27. The number of hydrogen-bond acceptors (Lipinski definition) is 6. The minimum absolute atomic E-state index is 0.0819. The van der Waals surface area contributed by atoms with Crippen LogP contribution in [-0.2, 0) is 20.0 Å². The van der Waals surface area contributed by atoms with Crippen LogP contribution in [0.3, 0.4) is 0 Å². The van der Waals surface area contributed by atoms with Crippen molar-refractivity contribution in [3.05, 3.63) is 60.6 Å². The zero-order valence-corrected chi connectivity index (χ0v) is 15.4. The Morgan fingerprint density at radius 1 is 1.11 bits per heavy atom. The van der Waals surface area contributed by atoms with Crippen molar-refractivity contribution in [2.75, 3.05) is 5.32 Å². The van der Waals surface area contributed by atoms with Gasteiger partial charge in [0, 0.05) is 20.0 Å². The fourth-order valence-electron chi connectivity index (χ4n) is 3.12. The Kier molecular flexibility index (Phi) is 4.78. The summed E-state index contributed by atoms with van der Waals surface area (Å²) in [6.07, 6.45) is 6.73. The molecule has 1 unspecified atom stereocenters. The summed E-state index contributed by atoms with van der Waals surface area (Å²) in [6, 6.07) is 10.5. The van der Waals surface area contributed by atoms with Gasteiger partial charge in [-0.3, -0.25) is 9.36 Å². The number of fused-ring (bicyclic) bond motifs is 1. The van der Waals surface area contributed by atoms with Crippen molar-refractivity contribution in [3.63, 3.8) is 0 Å². The van der Waals surface area contributed by atoms with Crippen molar-refractivity contribution in [1.29, 1.82) is 0 Å². The molecule has 8 nitrogen and oxygen atoms in total. The van der Waals surface area contributed by atoms with Crippen LogP contribution in [0.15, 0.2) is 49.2 Å². The highest BCUT2D eigenvalue weighted by atomic mass is 15.3. The Balaban J connectivity index is 1.67. The molecular weight excluding hydrogens is 340 g/mol. The van der Waals surface area contributed by atoms with Crippen LogP contribution >= 0.6 is 0 Å². The van der Waals surface area contributed by atoms with E-state index in [2.05, 4.69) is 56.7 Å². The van der Waals surface area contributed by atoms with Crippen molar-refractivity contribution in [2.24, 2.45) is 7.05 Å². The van der Waals surface area contributed by atoms with Crippen LogP contribution < -0.4 is 5.32 Å². The maximum atomic E-state index is 4.73. The molecule has 0 amide bonds. The van der Waals surface area contributed by atoms with E-state index in [-0.39, 0.29) is 6.04 Å². The molecule has 0 radical (unpaired) electrons. The molecule has 27 heavy (non-hydrogen) atoms. The number of nitrogens with one attached hydrogen (secondary N) is 1. The lowest BCUT2D eigenvalue weighted by molar-refractivity contribution is 0.537. The molecule has 3 aromatic heterocycles. The van der Waals surface area contributed by atoms with E-state index in [9.17, 15) is 0 Å². The summed E-state index contributed by atoms with van der Waals surface area (Å²) in [5.41, 5.74) is 2.04.